The molecule has 0 saturated heterocycles. The number of amides is 1. The van der Waals surface area contributed by atoms with Crippen LogP contribution in [0.3, 0.4) is 0 Å². The number of aromatic amines is 1. The van der Waals surface area contributed by atoms with Crippen LogP contribution in [-0.2, 0) is 11.2 Å². The van der Waals surface area contributed by atoms with Crippen LogP contribution in [0, 0.1) is 0 Å². The van der Waals surface area contributed by atoms with Crippen molar-refractivity contribution in [3.8, 4) is 11.4 Å². The lowest BCUT2D eigenvalue weighted by atomic mass is 9.96. The van der Waals surface area contributed by atoms with E-state index in [1.807, 2.05) is 13.0 Å². The summed E-state index contributed by atoms with van der Waals surface area (Å²) in [5.74, 6) is 0. The molecule has 1 amide bonds. The zero-order chi connectivity index (χ0) is 12.5. The molecule has 18 heavy (non-hydrogen) atoms. The van der Waals surface area contributed by atoms with Gasteiger partial charge in [0.25, 0.3) is 0 Å². The highest BCUT2D eigenvalue weighted by molar-refractivity contribution is 5.61. The van der Waals surface area contributed by atoms with Crippen LogP contribution in [0.15, 0.2) is 18.6 Å². The van der Waals surface area contributed by atoms with Crippen LogP contribution in [0.25, 0.3) is 11.4 Å². The minimum Gasteiger partial charge on any atom is -0.337 e. The van der Waals surface area contributed by atoms with Gasteiger partial charge in [0.2, 0.25) is 6.41 Å². The average Bonchev–Trinajstić information content (AvgIpc) is 2.92. The molecule has 0 spiro atoms. The maximum Gasteiger partial charge on any atom is 0.210 e. The minimum absolute atomic E-state index is 0.00378. The molecule has 0 fully saturated rings. The standard InChI is InChI=1S/C12H13N5O/c1-8-11-9(3-5-17(8)7-18)12(14-6-13-11)10-2-4-15-16-10/h2,4,6-8H,3,5H2,1H3,(H,15,16). The summed E-state index contributed by atoms with van der Waals surface area (Å²) in [4.78, 5) is 21.4. The quantitative estimate of drug-likeness (QED) is 0.796. The molecule has 92 valence electrons. The highest BCUT2D eigenvalue weighted by Crippen LogP contribution is 2.31. The third-order valence-electron chi connectivity index (χ3n) is 3.38. The van der Waals surface area contributed by atoms with Crippen LogP contribution in [-0.4, -0.2) is 38.0 Å². The Morgan fingerprint density at radius 1 is 1.50 bits per heavy atom. The monoisotopic (exact) mass is 243 g/mol. The number of carbonyl (C=O) groups excluding carboxylic acids is 1. The van der Waals surface area contributed by atoms with Gasteiger partial charge in [-0.2, -0.15) is 5.10 Å². The van der Waals surface area contributed by atoms with Crippen LogP contribution in [0.1, 0.15) is 24.2 Å². The first-order valence-electron chi connectivity index (χ1n) is 5.86. The van der Waals surface area contributed by atoms with Gasteiger partial charge in [-0.25, -0.2) is 9.97 Å². The van der Waals surface area contributed by atoms with Gasteiger partial charge in [-0.1, -0.05) is 0 Å². The summed E-state index contributed by atoms with van der Waals surface area (Å²) in [6.07, 6.45) is 4.90. The molecule has 2 aromatic heterocycles. The van der Waals surface area contributed by atoms with E-state index in [0.717, 1.165) is 35.5 Å². The van der Waals surface area contributed by atoms with Crippen LogP contribution in [0.4, 0.5) is 0 Å². The van der Waals surface area contributed by atoms with E-state index in [9.17, 15) is 4.79 Å². The molecule has 3 rings (SSSR count). The highest BCUT2D eigenvalue weighted by atomic mass is 16.1. The fraction of sp³-hybridized carbons (Fsp3) is 0.333. The first-order chi connectivity index (χ1) is 8.81. The Balaban J connectivity index is 2.11. The molecule has 0 saturated carbocycles. The maximum absolute atomic E-state index is 11.0. The Morgan fingerprint density at radius 3 is 3.11 bits per heavy atom. The van der Waals surface area contributed by atoms with Crippen LogP contribution < -0.4 is 0 Å². The Hall–Kier alpha value is -2.24. The predicted octanol–water partition coefficient (Wildman–Crippen LogP) is 0.942. The van der Waals surface area contributed by atoms with E-state index < -0.39 is 0 Å². The van der Waals surface area contributed by atoms with Crippen molar-refractivity contribution in [2.45, 2.75) is 19.4 Å². The number of nitrogens with zero attached hydrogens (tertiary/aromatic N) is 4. The number of fused-ring (bicyclic) bond motifs is 1. The summed E-state index contributed by atoms with van der Waals surface area (Å²) in [5, 5.41) is 6.87. The van der Waals surface area contributed by atoms with E-state index in [1.165, 1.54) is 0 Å². The van der Waals surface area contributed by atoms with E-state index >= 15 is 0 Å². The predicted molar refractivity (Wildman–Crippen MR) is 64.5 cm³/mol. The molecule has 1 unspecified atom stereocenters. The van der Waals surface area contributed by atoms with Gasteiger partial charge in [0, 0.05) is 18.3 Å². The Bertz CT molecular complexity index is 566. The maximum atomic E-state index is 11.0. The number of carbonyl (C=O) groups is 1. The van der Waals surface area contributed by atoms with Crippen molar-refractivity contribution >= 4 is 6.41 Å². The molecule has 3 heterocycles. The molecule has 0 bridgehead atoms. The van der Waals surface area contributed by atoms with Crippen molar-refractivity contribution < 1.29 is 4.79 Å². The van der Waals surface area contributed by atoms with Crippen LogP contribution >= 0.6 is 0 Å². The second-order valence-electron chi connectivity index (χ2n) is 4.33. The summed E-state index contributed by atoms with van der Waals surface area (Å²) < 4.78 is 0. The normalized spacial score (nSPS) is 18.5. The van der Waals surface area contributed by atoms with E-state index in [1.54, 1.807) is 17.4 Å². The molecule has 0 radical (unpaired) electrons. The molecule has 1 aliphatic heterocycles. The summed E-state index contributed by atoms with van der Waals surface area (Å²) in [5.41, 5.74) is 3.80. The van der Waals surface area contributed by atoms with E-state index in [2.05, 4.69) is 20.2 Å². The van der Waals surface area contributed by atoms with Crippen molar-refractivity contribution in [3.63, 3.8) is 0 Å². The highest BCUT2D eigenvalue weighted by Gasteiger charge is 2.26. The first kappa shape index (κ1) is 10.9. The minimum atomic E-state index is -0.00378. The molecule has 1 N–H and O–H groups in total. The SMILES string of the molecule is CC1c2ncnc(-c3ccn[nH]3)c2CCN1C=O. The van der Waals surface area contributed by atoms with Gasteiger partial charge in [0.15, 0.2) is 0 Å². The van der Waals surface area contributed by atoms with E-state index in [-0.39, 0.29) is 6.04 Å². The van der Waals surface area contributed by atoms with Crippen molar-refractivity contribution in [1.29, 1.82) is 0 Å². The smallest absolute Gasteiger partial charge is 0.210 e. The molecule has 0 aliphatic carbocycles. The molecule has 2 aromatic rings. The summed E-state index contributed by atoms with van der Waals surface area (Å²) in [7, 11) is 0. The molecule has 1 aliphatic rings. The number of hydrogen-bond donors (Lipinski definition) is 1. The zero-order valence-corrected chi connectivity index (χ0v) is 10.00. The lowest BCUT2D eigenvalue weighted by Gasteiger charge is -2.31. The van der Waals surface area contributed by atoms with Gasteiger partial charge in [-0.3, -0.25) is 9.89 Å². The topological polar surface area (TPSA) is 74.8 Å². The summed E-state index contributed by atoms with van der Waals surface area (Å²) >= 11 is 0. The summed E-state index contributed by atoms with van der Waals surface area (Å²) in [6, 6.07) is 1.88. The molecule has 1 atom stereocenters. The number of rotatable bonds is 2. The van der Waals surface area contributed by atoms with Crippen LogP contribution in [0.5, 0.6) is 0 Å². The second-order valence-corrected chi connectivity index (χ2v) is 4.33. The molecule has 6 nitrogen and oxygen atoms in total. The third kappa shape index (κ3) is 1.57. The number of nitrogens with one attached hydrogen (secondary N) is 1. The average molecular weight is 243 g/mol. The zero-order valence-electron chi connectivity index (χ0n) is 10.00. The van der Waals surface area contributed by atoms with Crippen molar-refractivity contribution in [1.82, 2.24) is 25.1 Å². The Labute approximate surface area is 104 Å². The Kier molecular flexibility index (Phi) is 2.55. The van der Waals surface area contributed by atoms with Gasteiger partial charge < -0.3 is 4.90 Å². The van der Waals surface area contributed by atoms with Crippen LogP contribution in [0.2, 0.25) is 0 Å². The van der Waals surface area contributed by atoms with Crippen molar-refractivity contribution in [2.24, 2.45) is 0 Å². The fourth-order valence-electron chi connectivity index (χ4n) is 2.39. The Morgan fingerprint density at radius 2 is 2.39 bits per heavy atom. The number of H-pyrrole nitrogens is 1. The van der Waals surface area contributed by atoms with Gasteiger partial charge >= 0.3 is 0 Å². The fourth-order valence-corrected chi connectivity index (χ4v) is 2.39. The second kappa shape index (κ2) is 4.21. The van der Waals surface area contributed by atoms with E-state index in [4.69, 9.17) is 0 Å². The lowest BCUT2D eigenvalue weighted by Crippen LogP contribution is -2.34. The lowest BCUT2D eigenvalue weighted by molar-refractivity contribution is -0.120. The molecular weight excluding hydrogens is 230 g/mol. The third-order valence-corrected chi connectivity index (χ3v) is 3.38. The van der Waals surface area contributed by atoms with Gasteiger partial charge in [-0.05, 0) is 19.4 Å². The first-order valence-corrected chi connectivity index (χ1v) is 5.86. The van der Waals surface area contributed by atoms with Crippen molar-refractivity contribution in [2.75, 3.05) is 6.54 Å². The molecule has 6 heteroatoms. The molecule has 0 aromatic carbocycles. The summed E-state index contributed by atoms with van der Waals surface area (Å²) in [6.45, 7) is 2.68. The van der Waals surface area contributed by atoms with Gasteiger partial charge in [0.05, 0.1) is 23.1 Å². The van der Waals surface area contributed by atoms with Gasteiger partial charge in [0.1, 0.15) is 6.33 Å². The van der Waals surface area contributed by atoms with Crippen molar-refractivity contribution in [3.05, 3.63) is 29.8 Å². The molecular formula is C12H13N5O. The van der Waals surface area contributed by atoms with E-state index in [0.29, 0.717) is 6.54 Å². The largest absolute Gasteiger partial charge is 0.337 e. The van der Waals surface area contributed by atoms with Gasteiger partial charge in [-0.15, -0.1) is 0 Å². The number of aromatic nitrogens is 4. The number of hydrogen-bond acceptors (Lipinski definition) is 4.